The Morgan fingerprint density at radius 2 is 1.79 bits per heavy atom. The first-order valence-corrected chi connectivity index (χ1v) is 4.41. The summed E-state index contributed by atoms with van der Waals surface area (Å²) in [6.07, 6.45) is 0. The van der Waals surface area contributed by atoms with Crippen LogP contribution in [0.25, 0.3) is 11.3 Å². The molecule has 14 heavy (non-hydrogen) atoms. The van der Waals surface area contributed by atoms with Crippen LogP contribution in [0, 0.1) is 13.8 Å². The van der Waals surface area contributed by atoms with Gasteiger partial charge in [0.15, 0.2) is 11.3 Å². The molecule has 1 N–H and O–H groups in total. The van der Waals surface area contributed by atoms with Crippen molar-refractivity contribution in [2.75, 3.05) is 0 Å². The third-order valence-corrected chi connectivity index (χ3v) is 2.35. The standard InChI is InChI=1S/C9H12N4O/c1-5-6(2)11-9-8(10-5)12-7(4-14)13(9)3/h14H,4H2,1-3H3. The van der Waals surface area contributed by atoms with Crippen molar-refractivity contribution in [1.29, 1.82) is 0 Å². The molecule has 2 heterocycles. The second kappa shape index (κ2) is 3.02. The summed E-state index contributed by atoms with van der Waals surface area (Å²) in [5.74, 6) is 0.588. The molecule has 2 aromatic rings. The number of aryl methyl sites for hydroxylation is 3. The first-order valence-electron chi connectivity index (χ1n) is 4.41. The fourth-order valence-corrected chi connectivity index (χ4v) is 1.34. The van der Waals surface area contributed by atoms with Gasteiger partial charge >= 0.3 is 0 Å². The molecule has 2 aromatic heterocycles. The van der Waals surface area contributed by atoms with Gasteiger partial charge in [0.05, 0.1) is 11.4 Å². The van der Waals surface area contributed by atoms with Crippen LogP contribution >= 0.6 is 0 Å². The minimum Gasteiger partial charge on any atom is -0.388 e. The summed E-state index contributed by atoms with van der Waals surface area (Å²) < 4.78 is 1.76. The number of imidazole rings is 1. The number of aromatic nitrogens is 4. The molecular formula is C9H12N4O. The molecule has 5 nitrogen and oxygen atoms in total. The second-order valence-electron chi connectivity index (χ2n) is 3.29. The third-order valence-electron chi connectivity index (χ3n) is 2.35. The van der Waals surface area contributed by atoms with Crippen LogP contribution < -0.4 is 0 Å². The lowest BCUT2D eigenvalue weighted by Crippen LogP contribution is -1.99. The van der Waals surface area contributed by atoms with Crippen molar-refractivity contribution in [3.63, 3.8) is 0 Å². The highest BCUT2D eigenvalue weighted by atomic mass is 16.3. The van der Waals surface area contributed by atoms with Crippen molar-refractivity contribution in [2.24, 2.45) is 7.05 Å². The van der Waals surface area contributed by atoms with Gasteiger partial charge in [-0.3, -0.25) is 0 Å². The summed E-state index contributed by atoms with van der Waals surface area (Å²) in [5, 5.41) is 9.02. The Labute approximate surface area is 81.4 Å². The maximum atomic E-state index is 9.02. The zero-order valence-corrected chi connectivity index (χ0v) is 8.44. The van der Waals surface area contributed by atoms with Crippen molar-refractivity contribution in [1.82, 2.24) is 19.5 Å². The van der Waals surface area contributed by atoms with Gasteiger partial charge in [0.2, 0.25) is 0 Å². The smallest absolute Gasteiger partial charge is 0.198 e. The fourth-order valence-electron chi connectivity index (χ4n) is 1.34. The van der Waals surface area contributed by atoms with Crippen LogP contribution in [-0.4, -0.2) is 24.6 Å². The largest absolute Gasteiger partial charge is 0.388 e. The second-order valence-corrected chi connectivity index (χ2v) is 3.29. The molecule has 2 rings (SSSR count). The van der Waals surface area contributed by atoms with Crippen molar-refractivity contribution in [2.45, 2.75) is 20.5 Å². The lowest BCUT2D eigenvalue weighted by molar-refractivity contribution is 0.268. The van der Waals surface area contributed by atoms with Crippen molar-refractivity contribution >= 4 is 11.3 Å². The Hall–Kier alpha value is -1.49. The molecule has 0 unspecified atom stereocenters. The molecule has 5 heteroatoms. The molecule has 0 fully saturated rings. The van der Waals surface area contributed by atoms with E-state index in [0.29, 0.717) is 11.5 Å². The van der Waals surface area contributed by atoms with Crippen LogP contribution in [0.2, 0.25) is 0 Å². The zero-order chi connectivity index (χ0) is 10.3. The zero-order valence-electron chi connectivity index (χ0n) is 8.44. The highest BCUT2D eigenvalue weighted by Crippen LogP contribution is 2.12. The summed E-state index contributed by atoms with van der Waals surface area (Å²) in [4.78, 5) is 12.8. The number of aliphatic hydroxyl groups excluding tert-OH is 1. The van der Waals surface area contributed by atoms with Crippen LogP contribution in [0.15, 0.2) is 0 Å². The van der Waals surface area contributed by atoms with E-state index in [-0.39, 0.29) is 6.61 Å². The Balaban J connectivity index is 2.80. The first kappa shape index (κ1) is 9.08. The topological polar surface area (TPSA) is 63.8 Å². The van der Waals surface area contributed by atoms with Crippen LogP contribution in [0.4, 0.5) is 0 Å². The van der Waals surface area contributed by atoms with Gasteiger partial charge in [-0.2, -0.15) is 0 Å². The lowest BCUT2D eigenvalue weighted by atomic mass is 10.3. The number of rotatable bonds is 1. The molecule has 0 saturated carbocycles. The molecule has 0 aliphatic rings. The van der Waals surface area contributed by atoms with Gasteiger partial charge in [0, 0.05) is 7.05 Å². The normalized spacial score (nSPS) is 11.1. The summed E-state index contributed by atoms with van der Waals surface area (Å²) in [7, 11) is 1.82. The third kappa shape index (κ3) is 1.17. The van der Waals surface area contributed by atoms with E-state index in [1.165, 1.54) is 0 Å². The Morgan fingerprint density at radius 1 is 1.14 bits per heavy atom. The molecule has 0 radical (unpaired) electrons. The van der Waals surface area contributed by atoms with E-state index in [9.17, 15) is 0 Å². The quantitative estimate of drug-likeness (QED) is 0.713. The molecule has 0 saturated heterocycles. The minimum absolute atomic E-state index is 0.0906. The van der Waals surface area contributed by atoms with E-state index < -0.39 is 0 Å². The molecular weight excluding hydrogens is 180 g/mol. The summed E-state index contributed by atoms with van der Waals surface area (Å²) in [5.41, 5.74) is 3.09. The van der Waals surface area contributed by atoms with Crippen molar-refractivity contribution in [3.05, 3.63) is 17.2 Å². The van der Waals surface area contributed by atoms with E-state index in [1.54, 1.807) is 4.57 Å². The predicted molar refractivity (Wildman–Crippen MR) is 51.7 cm³/mol. The summed E-state index contributed by atoms with van der Waals surface area (Å²) in [6.45, 7) is 3.72. The lowest BCUT2D eigenvalue weighted by Gasteiger charge is -1.99. The Morgan fingerprint density at radius 3 is 2.43 bits per heavy atom. The van der Waals surface area contributed by atoms with Crippen LogP contribution in [0.1, 0.15) is 17.2 Å². The van der Waals surface area contributed by atoms with Crippen LogP contribution in [-0.2, 0) is 13.7 Å². The van der Waals surface area contributed by atoms with Gasteiger partial charge in [-0.15, -0.1) is 0 Å². The monoisotopic (exact) mass is 192 g/mol. The summed E-state index contributed by atoms with van der Waals surface area (Å²) >= 11 is 0. The van der Waals surface area contributed by atoms with E-state index in [2.05, 4.69) is 15.0 Å². The number of aliphatic hydroxyl groups is 1. The highest BCUT2D eigenvalue weighted by molar-refractivity contribution is 5.66. The van der Waals surface area contributed by atoms with Gasteiger partial charge in [-0.25, -0.2) is 15.0 Å². The predicted octanol–water partition coefficient (Wildman–Crippen LogP) is 0.472. The molecule has 0 spiro atoms. The Bertz CT molecular complexity index is 489. The SMILES string of the molecule is Cc1nc2nc(CO)n(C)c2nc1C. The molecule has 0 aromatic carbocycles. The van der Waals surface area contributed by atoms with Crippen LogP contribution in [0.3, 0.4) is 0 Å². The number of nitrogens with zero attached hydrogens (tertiary/aromatic N) is 4. The van der Waals surface area contributed by atoms with E-state index >= 15 is 0 Å². The number of fused-ring (bicyclic) bond motifs is 1. The first-order chi connectivity index (χ1) is 6.63. The van der Waals surface area contributed by atoms with Crippen molar-refractivity contribution in [3.8, 4) is 0 Å². The molecule has 0 aliphatic heterocycles. The molecule has 74 valence electrons. The van der Waals surface area contributed by atoms with Gasteiger partial charge in [0.25, 0.3) is 0 Å². The molecule has 0 aliphatic carbocycles. The minimum atomic E-state index is -0.0906. The average Bonchev–Trinajstić information content (AvgIpc) is 2.45. The van der Waals surface area contributed by atoms with Gasteiger partial charge in [0.1, 0.15) is 12.4 Å². The molecule has 0 bridgehead atoms. The molecule has 0 atom stereocenters. The van der Waals surface area contributed by atoms with Gasteiger partial charge < -0.3 is 9.67 Å². The fraction of sp³-hybridized carbons (Fsp3) is 0.444. The van der Waals surface area contributed by atoms with E-state index in [4.69, 9.17) is 5.11 Å². The Kier molecular flexibility index (Phi) is 1.96. The van der Waals surface area contributed by atoms with Gasteiger partial charge in [-0.05, 0) is 13.8 Å². The van der Waals surface area contributed by atoms with Gasteiger partial charge in [-0.1, -0.05) is 0 Å². The number of hydrogen-bond acceptors (Lipinski definition) is 4. The molecule has 0 amide bonds. The number of hydrogen-bond donors (Lipinski definition) is 1. The maximum absolute atomic E-state index is 9.02. The van der Waals surface area contributed by atoms with Crippen molar-refractivity contribution < 1.29 is 5.11 Å². The average molecular weight is 192 g/mol. The maximum Gasteiger partial charge on any atom is 0.198 e. The summed E-state index contributed by atoms with van der Waals surface area (Å²) in [6, 6.07) is 0. The highest BCUT2D eigenvalue weighted by Gasteiger charge is 2.10. The van der Waals surface area contributed by atoms with Crippen LogP contribution in [0.5, 0.6) is 0 Å². The van der Waals surface area contributed by atoms with E-state index in [0.717, 1.165) is 17.0 Å². The van der Waals surface area contributed by atoms with E-state index in [1.807, 2.05) is 20.9 Å².